The second-order valence-corrected chi connectivity index (χ2v) is 4.73. The summed E-state index contributed by atoms with van der Waals surface area (Å²) in [5.41, 5.74) is -0.204. The molecule has 0 radical (unpaired) electrons. The molecule has 0 aromatic carbocycles. The predicted octanol–water partition coefficient (Wildman–Crippen LogP) is 3.12. The minimum atomic E-state index is -0.204. The molecule has 0 unspecified atom stereocenters. The fourth-order valence-corrected chi connectivity index (χ4v) is 1.99. The minimum Gasteiger partial charge on any atom is -0.396 e. The Labute approximate surface area is 94.7 Å². The highest BCUT2D eigenvalue weighted by molar-refractivity contribution is 4.77. The highest BCUT2D eigenvalue weighted by Crippen LogP contribution is 2.30. The van der Waals surface area contributed by atoms with E-state index in [2.05, 4.69) is 13.8 Å². The number of hydrogen-bond acceptors (Lipinski definition) is 2. The van der Waals surface area contributed by atoms with Gasteiger partial charge in [-0.3, -0.25) is 0 Å². The summed E-state index contributed by atoms with van der Waals surface area (Å²) < 4.78 is 0. The number of aliphatic hydroxyl groups is 2. The number of aliphatic hydroxyl groups excluding tert-OH is 2. The lowest BCUT2D eigenvalue weighted by molar-refractivity contribution is 0.0355. The molecule has 0 saturated heterocycles. The van der Waals surface area contributed by atoms with Crippen molar-refractivity contribution in [1.82, 2.24) is 0 Å². The molecule has 0 aliphatic rings. The topological polar surface area (TPSA) is 40.5 Å². The van der Waals surface area contributed by atoms with Crippen LogP contribution in [0.5, 0.6) is 0 Å². The maximum absolute atomic E-state index is 9.42. The van der Waals surface area contributed by atoms with Gasteiger partial charge in [-0.15, -0.1) is 0 Å². The van der Waals surface area contributed by atoms with Crippen molar-refractivity contribution in [2.45, 2.75) is 65.2 Å². The molecule has 0 aromatic heterocycles. The van der Waals surface area contributed by atoms with Crippen LogP contribution >= 0.6 is 0 Å². The van der Waals surface area contributed by atoms with Crippen molar-refractivity contribution < 1.29 is 10.2 Å². The molecule has 0 aliphatic heterocycles. The quantitative estimate of drug-likeness (QED) is 0.551. The van der Waals surface area contributed by atoms with Gasteiger partial charge >= 0.3 is 0 Å². The first kappa shape index (κ1) is 14.9. The van der Waals surface area contributed by atoms with Crippen molar-refractivity contribution in [2.75, 3.05) is 13.2 Å². The van der Waals surface area contributed by atoms with E-state index >= 15 is 0 Å². The molecule has 15 heavy (non-hydrogen) atoms. The summed E-state index contributed by atoms with van der Waals surface area (Å²) >= 11 is 0. The van der Waals surface area contributed by atoms with E-state index in [4.69, 9.17) is 0 Å². The molecule has 0 bridgehead atoms. The third kappa shape index (κ3) is 6.16. The third-order valence-electron chi connectivity index (χ3n) is 3.29. The van der Waals surface area contributed by atoms with Gasteiger partial charge in [-0.2, -0.15) is 0 Å². The standard InChI is InChI=1S/C13H28O2/c1-3-5-7-9-13(11-14,12-15)10-8-6-4-2/h14-15H,3-12H2,1-2H3. The van der Waals surface area contributed by atoms with E-state index in [1.807, 2.05) is 0 Å². The maximum Gasteiger partial charge on any atom is 0.0509 e. The summed E-state index contributed by atoms with van der Waals surface area (Å²) in [5, 5.41) is 18.8. The maximum atomic E-state index is 9.42. The smallest absolute Gasteiger partial charge is 0.0509 e. The zero-order valence-electron chi connectivity index (χ0n) is 10.5. The van der Waals surface area contributed by atoms with Gasteiger partial charge in [-0.25, -0.2) is 0 Å². The molecule has 0 spiro atoms. The zero-order chi connectivity index (χ0) is 11.6. The fourth-order valence-electron chi connectivity index (χ4n) is 1.99. The predicted molar refractivity (Wildman–Crippen MR) is 64.9 cm³/mol. The Morgan fingerprint density at radius 2 is 1.13 bits per heavy atom. The van der Waals surface area contributed by atoms with Gasteiger partial charge in [-0.1, -0.05) is 52.4 Å². The van der Waals surface area contributed by atoms with Gasteiger partial charge in [0.15, 0.2) is 0 Å². The fraction of sp³-hybridized carbons (Fsp3) is 1.00. The first-order valence-electron chi connectivity index (χ1n) is 6.46. The first-order valence-corrected chi connectivity index (χ1v) is 6.46. The third-order valence-corrected chi connectivity index (χ3v) is 3.29. The molecular weight excluding hydrogens is 188 g/mol. The molecule has 0 aromatic rings. The lowest BCUT2D eigenvalue weighted by Crippen LogP contribution is -2.29. The Balaban J connectivity index is 3.93. The summed E-state index contributed by atoms with van der Waals surface area (Å²) in [7, 11) is 0. The van der Waals surface area contributed by atoms with Crippen LogP contribution in [0.25, 0.3) is 0 Å². The molecule has 2 nitrogen and oxygen atoms in total. The van der Waals surface area contributed by atoms with E-state index in [9.17, 15) is 10.2 Å². The monoisotopic (exact) mass is 216 g/mol. The van der Waals surface area contributed by atoms with Crippen LogP contribution in [0.3, 0.4) is 0 Å². The number of rotatable bonds is 10. The highest BCUT2D eigenvalue weighted by atomic mass is 16.3. The van der Waals surface area contributed by atoms with Crippen LogP contribution in [-0.4, -0.2) is 23.4 Å². The van der Waals surface area contributed by atoms with E-state index in [1.54, 1.807) is 0 Å². The lowest BCUT2D eigenvalue weighted by Gasteiger charge is -2.29. The molecule has 0 atom stereocenters. The molecule has 0 amide bonds. The van der Waals surface area contributed by atoms with Crippen LogP contribution in [0.4, 0.5) is 0 Å². The molecule has 0 rings (SSSR count). The Morgan fingerprint density at radius 1 is 0.733 bits per heavy atom. The van der Waals surface area contributed by atoms with E-state index in [0.717, 1.165) is 25.7 Å². The van der Waals surface area contributed by atoms with Gasteiger partial charge in [0.1, 0.15) is 0 Å². The van der Waals surface area contributed by atoms with E-state index in [1.165, 1.54) is 25.7 Å². The summed E-state index contributed by atoms with van der Waals surface area (Å²) in [5.74, 6) is 0. The van der Waals surface area contributed by atoms with Gasteiger partial charge in [-0.05, 0) is 12.8 Å². The van der Waals surface area contributed by atoms with Crippen LogP contribution in [-0.2, 0) is 0 Å². The van der Waals surface area contributed by atoms with Crippen LogP contribution in [0.15, 0.2) is 0 Å². The Kier molecular flexibility index (Phi) is 9.12. The first-order chi connectivity index (χ1) is 7.24. The second kappa shape index (κ2) is 9.17. The zero-order valence-corrected chi connectivity index (χ0v) is 10.5. The summed E-state index contributed by atoms with van der Waals surface area (Å²) in [6, 6.07) is 0. The van der Waals surface area contributed by atoms with Gasteiger partial charge in [0.05, 0.1) is 13.2 Å². The molecule has 0 fully saturated rings. The Hall–Kier alpha value is -0.0800. The number of unbranched alkanes of at least 4 members (excludes halogenated alkanes) is 4. The van der Waals surface area contributed by atoms with E-state index < -0.39 is 0 Å². The molecule has 0 heterocycles. The Morgan fingerprint density at radius 3 is 1.40 bits per heavy atom. The molecule has 0 aliphatic carbocycles. The Bertz CT molecular complexity index is 118. The van der Waals surface area contributed by atoms with Gasteiger partial charge in [0.25, 0.3) is 0 Å². The SMILES string of the molecule is CCCCCC(CO)(CO)CCCCC. The minimum absolute atomic E-state index is 0.136. The summed E-state index contributed by atoms with van der Waals surface area (Å²) in [6.07, 6.45) is 9.00. The van der Waals surface area contributed by atoms with Crippen molar-refractivity contribution >= 4 is 0 Å². The van der Waals surface area contributed by atoms with Crippen LogP contribution in [0.2, 0.25) is 0 Å². The summed E-state index contributed by atoms with van der Waals surface area (Å²) in [4.78, 5) is 0. The summed E-state index contributed by atoms with van der Waals surface area (Å²) in [6.45, 7) is 4.63. The molecule has 92 valence electrons. The van der Waals surface area contributed by atoms with Crippen molar-refractivity contribution in [3.63, 3.8) is 0 Å². The van der Waals surface area contributed by atoms with Crippen LogP contribution in [0.1, 0.15) is 65.2 Å². The second-order valence-electron chi connectivity index (χ2n) is 4.73. The van der Waals surface area contributed by atoms with Gasteiger partial charge in [0.2, 0.25) is 0 Å². The molecule has 2 N–H and O–H groups in total. The van der Waals surface area contributed by atoms with Crippen molar-refractivity contribution in [3.8, 4) is 0 Å². The van der Waals surface area contributed by atoms with Crippen LogP contribution in [0, 0.1) is 5.41 Å². The normalized spacial score (nSPS) is 12.0. The van der Waals surface area contributed by atoms with Crippen LogP contribution < -0.4 is 0 Å². The molecular formula is C13H28O2. The molecule has 2 heteroatoms. The number of hydrogen-bond donors (Lipinski definition) is 2. The van der Waals surface area contributed by atoms with E-state index in [0.29, 0.717) is 0 Å². The average molecular weight is 216 g/mol. The van der Waals surface area contributed by atoms with Crippen molar-refractivity contribution in [2.24, 2.45) is 5.41 Å². The highest BCUT2D eigenvalue weighted by Gasteiger charge is 2.27. The molecule has 0 saturated carbocycles. The average Bonchev–Trinajstić information content (AvgIpc) is 2.28. The van der Waals surface area contributed by atoms with E-state index in [-0.39, 0.29) is 18.6 Å². The van der Waals surface area contributed by atoms with Gasteiger partial charge in [0, 0.05) is 5.41 Å². The largest absolute Gasteiger partial charge is 0.396 e. The lowest BCUT2D eigenvalue weighted by atomic mass is 9.79. The van der Waals surface area contributed by atoms with Crippen molar-refractivity contribution in [1.29, 1.82) is 0 Å². The van der Waals surface area contributed by atoms with Gasteiger partial charge < -0.3 is 10.2 Å². The van der Waals surface area contributed by atoms with Crippen molar-refractivity contribution in [3.05, 3.63) is 0 Å².